The number of nitrogens with one attached hydrogen (secondary N) is 2. The zero-order valence-electron chi connectivity index (χ0n) is 12.5. The average molecular weight is 293 g/mol. The number of likely N-dealkylation sites (N-methyl/N-ethyl adjacent to an activating group) is 1. The molecule has 2 aromatic carbocycles. The highest BCUT2D eigenvalue weighted by Gasteiger charge is 2.13. The number of benzene rings is 2. The second kappa shape index (κ2) is 6.45. The number of H-pyrrole nitrogens is 1. The van der Waals surface area contributed by atoms with Crippen LogP contribution in [0.5, 0.6) is 5.75 Å². The van der Waals surface area contributed by atoms with Gasteiger partial charge in [-0.1, -0.05) is 36.4 Å². The van der Waals surface area contributed by atoms with Crippen molar-refractivity contribution in [3.8, 4) is 16.9 Å². The Labute approximate surface area is 129 Å². The third-order valence-corrected chi connectivity index (χ3v) is 3.85. The highest BCUT2D eigenvalue weighted by atomic mass is 16.3. The SMILES string of the molecule is CNCC(c1ccc(O)cc1)c1ccc(-c2cn[nH]c2)cc1. The van der Waals surface area contributed by atoms with Crippen molar-refractivity contribution in [1.82, 2.24) is 15.5 Å². The summed E-state index contributed by atoms with van der Waals surface area (Å²) in [6.07, 6.45) is 3.71. The van der Waals surface area contributed by atoms with Gasteiger partial charge >= 0.3 is 0 Å². The molecular weight excluding hydrogens is 274 g/mol. The average Bonchev–Trinajstić information content (AvgIpc) is 3.08. The number of phenols is 1. The maximum absolute atomic E-state index is 9.46. The number of hydrogen-bond donors (Lipinski definition) is 3. The Morgan fingerprint density at radius 3 is 2.18 bits per heavy atom. The monoisotopic (exact) mass is 293 g/mol. The van der Waals surface area contributed by atoms with Gasteiger partial charge in [0.1, 0.15) is 5.75 Å². The van der Waals surface area contributed by atoms with Crippen LogP contribution in [0.3, 0.4) is 0 Å². The molecular formula is C18H19N3O. The summed E-state index contributed by atoms with van der Waals surface area (Å²) in [5, 5.41) is 19.5. The summed E-state index contributed by atoms with van der Waals surface area (Å²) < 4.78 is 0. The minimum absolute atomic E-state index is 0.254. The first-order chi connectivity index (χ1) is 10.8. The number of aromatic amines is 1. The molecule has 0 aliphatic heterocycles. The van der Waals surface area contributed by atoms with E-state index in [9.17, 15) is 5.11 Å². The van der Waals surface area contributed by atoms with Gasteiger partial charge in [0.15, 0.2) is 0 Å². The second-order valence-corrected chi connectivity index (χ2v) is 5.31. The lowest BCUT2D eigenvalue weighted by atomic mass is 9.90. The molecule has 112 valence electrons. The van der Waals surface area contributed by atoms with Crippen LogP contribution in [0.2, 0.25) is 0 Å². The molecule has 0 fully saturated rings. The zero-order valence-corrected chi connectivity index (χ0v) is 12.5. The van der Waals surface area contributed by atoms with Crippen molar-refractivity contribution in [3.05, 3.63) is 72.1 Å². The van der Waals surface area contributed by atoms with Crippen molar-refractivity contribution < 1.29 is 5.11 Å². The molecule has 1 heterocycles. The number of rotatable bonds is 5. The lowest BCUT2D eigenvalue weighted by Gasteiger charge is -2.18. The van der Waals surface area contributed by atoms with Crippen LogP contribution in [0.15, 0.2) is 60.9 Å². The van der Waals surface area contributed by atoms with Crippen molar-refractivity contribution in [2.45, 2.75) is 5.92 Å². The maximum atomic E-state index is 9.46. The van der Waals surface area contributed by atoms with Crippen molar-refractivity contribution in [3.63, 3.8) is 0 Å². The molecule has 22 heavy (non-hydrogen) atoms. The van der Waals surface area contributed by atoms with E-state index in [0.29, 0.717) is 5.75 Å². The number of phenolic OH excluding ortho intramolecular Hbond substituents is 1. The summed E-state index contributed by atoms with van der Waals surface area (Å²) in [6.45, 7) is 0.843. The van der Waals surface area contributed by atoms with E-state index in [-0.39, 0.29) is 5.92 Å². The molecule has 4 nitrogen and oxygen atoms in total. The molecule has 0 saturated heterocycles. The van der Waals surface area contributed by atoms with Gasteiger partial charge in [-0.3, -0.25) is 5.10 Å². The summed E-state index contributed by atoms with van der Waals surface area (Å²) >= 11 is 0. The molecule has 0 amide bonds. The van der Waals surface area contributed by atoms with E-state index in [0.717, 1.165) is 17.7 Å². The molecule has 0 saturated carbocycles. The van der Waals surface area contributed by atoms with Gasteiger partial charge in [0, 0.05) is 24.2 Å². The molecule has 0 radical (unpaired) electrons. The van der Waals surface area contributed by atoms with E-state index in [4.69, 9.17) is 0 Å². The fourth-order valence-electron chi connectivity index (χ4n) is 2.66. The molecule has 0 bridgehead atoms. The van der Waals surface area contributed by atoms with Crippen molar-refractivity contribution in [2.75, 3.05) is 13.6 Å². The summed E-state index contributed by atoms with van der Waals surface area (Å²) in [7, 11) is 1.95. The molecule has 0 spiro atoms. The van der Waals surface area contributed by atoms with Gasteiger partial charge in [0.25, 0.3) is 0 Å². The van der Waals surface area contributed by atoms with E-state index in [1.54, 1.807) is 12.1 Å². The number of hydrogen-bond acceptors (Lipinski definition) is 3. The van der Waals surface area contributed by atoms with Crippen LogP contribution < -0.4 is 5.32 Å². The Bertz CT molecular complexity index is 703. The first kappa shape index (κ1) is 14.4. The molecule has 1 aromatic heterocycles. The van der Waals surface area contributed by atoms with E-state index in [1.165, 1.54) is 11.1 Å². The van der Waals surface area contributed by atoms with Crippen molar-refractivity contribution in [2.24, 2.45) is 0 Å². The van der Waals surface area contributed by atoms with E-state index in [1.807, 2.05) is 31.6 Å². The van der Waals surface area contributed by atoms with E-state index < -0.39 is 0 Å². The van der Waals surface area contributed by atoms with Crippen LogP contribution in [0.25, 0.3) is 11.1 Å². The predicted octanol–water partition coefficient (Wildman–Crippen LogP) is 3.13. The molecule has 3 N–H and O–H groups in total. The maximum Gasteiger partial charge on any atom is 0.115 e. The minimum atomic E-state index is 0.254. The van der Waals surface area contributed by atoms with Gasteiger partial charge < -0.3 is 10.4 Å². The molecule has 0 aliphatic carbocycles. The quantitative estimate of drug-likeness (QED) is 0.677. The Balaban J connectivity index is 1.90. The van der Waals surface area contributed by atoms with Gasteiger partial charge in [-0.2, -0.15) is 5.10 Å². The van der Waals surface area contributed by atoms with Gasteiger partial charge in [-0.15, -0.1) is 0 Å². The third-order valence-electron chi connectivity index (χ3n) is 3.85. The Kier molecular flexibility index (Phi) is 4.21. The van der Waals surface area contributed by atoms with Crippen LogP contribution in [0, 0.1) is 0 Å². The Hall–Kier alpha value is -2.59. The summed E-state index contributed by atoms with van der Waals surface area (Å²) in [5.74, 6) is 0.547. The Morgan fingerprint density at radius 2 is 1.64 bits per heavy atom. The van der Waals surface area contributed by atoms with Crippen LogP contribution >= 0.6 is 0 Å². The van der Waals surface area contributed by atoms with Crippen LogP contribution in [-0.2, 0) is 0 Å². The molecule has 1 unspecified atom stereocenters. The number of aromatic nitrogens is 2. The van der Waals surface area contributed by atoms with Gasteiger partial charge in [-0.25, -0.2) is 0 Å². The second-order valence-electron chi connectivity index (χ2n) is 5.31. The summed E-state index contributed by atoms with van der Waals surface area (Å²) in [4.78, 5) is 0. The van der Waals surface area contributed by atoms with Crippen LogP contribution in [0.1, 0.15) is 17.0 Å². The fraction of sp³-hybridized carbons (Fsp3) is 0.167. The van der Waals surface area contributed by atoms with Crippen LogP contribution in [-0.4, -0.2) is 28.9 Å². The highest BCUT2D eigenvalue weighted by Crippen LogP contribution is 2.27. The van der Waals surface area contributed by atoms with Crippen molar-refractivity contribution >= 4 is 0 Å². The first-order valence-electron chi connectivity index (χ1n) is 7.30. The molecule has 0 aliphatic rings. The van der Waals surface area contributed by atoms with Gasteiger partial charge in [0.2, 0.25) is 0 Å². The summed E-state index contributed by atoms with van der Waals surface area (Å²) in [5.41, 5.74) is 4.66. The standard InChI is InChI=1S/C18H19N3O/c1-19-12-18(15-6-8-17(22)9-7-15)14-4-2-13(3-5-14)16-10-20-21-11-16/h2-11,18-19,22H,12H2,1H3,(H,20,21). The lowest BCUT2D eigenvalue weighted by molar-refractivity contribution is 0.475. The Morgan fingerprint density at radius 1 is 1.00 bits per heavy atom. The largest absolute Gasteiger partial charge is 0.508 e. The first-order valence-corrected chi connectivity index (χ1v) is 7.30. The number of aromatic hydroxyl groups is 1. The molecule has 3 rings (SSSR count). The zero-order chi connectivity index (χ0) is 15.4. The highest BCUT2D eigenvalue weighted by molar-refractivity contribution is 5.62. The normalized spacial score (nSPS) is 12.2. The topological polar surface area (TPSA) is 60.9 Å². The lowest BCUT2D eigenvalue weighted by Crippen LogP contribution is -2.18. The van der Waals surface area contributed by atoms with Crippen LogP contribution in [0.4, 0.5) is 0 Å². The van der Waals surface area contributed by atoms with Gasteiger partial charge in [-0.05, 0) is 35.9 Å². The van der Waals surface area contributed by atoms with Gasteiger partial charge in [0.05, 0.1) is 6.20 Å². The third kappa shape index (κ3) is 3.02. The molecule has 1 atom stereocenters. The smallest absolute Gasteiger partial charge is 0.115 e. The minimum Gasteiger partial charge on any atom is -0.508 e. The molecule has 3 aromatic rings. The molecule has 4 heteroatoms. The van der Waals surface area contributed by atoms with Crippen molar-refractivity contribution in [1.29, 1.82) is 0 Å². The fourth-order valence-corrected chi connectivity index (χ4v) is 2.66. The number of nitrogens with zero attached hydrogens (tertiary/aromatic N) is 1. The van der Waals surface area contributed by atoms with E-state index >= 15 is 0 Å². The predicted molar refractivity (Wildman–Crippen MR) is 87.9 cm³/mol. The summed E-state index contributed by atoms with van der Waals surface area (Å²) in [6, 6.07) is 15.9. The van der Waals surface area contributed by atoms with E-state index in [2.05, 4.69) is 39.8 Å².